The summed E-state index contributed by atoms with van der Waals surface area (Å²) in [6, 6.07) is 0.0106. The third kappa shape index (κ3) is 5.84. The van der Waals surface area contributed by atoms with Gasteiger partial charge in [-0.1, -0.05) is 11.6 Å². The molecular weight excluding hydrogens is 493 g/mol. The number of likely N-dealkylation sites (tertiary alicyclic amines) is 1. The number of carbonyl (C=O) groups is 1. The predicted molar refractivity (Wildman–Crippen MR) is 118 cm³/mol. The molecule has 0 unspecified atom stereocenters. The number of alkyl halides is 3. The molecule has 4 heterocycles. The molecule has 2 aromatic heterocycles. The molecule has 0 aliphatic carbocycles. The van der Waals surface area contributed by atoms with Gasteiger partial charge in [-0.05, 0) is 19.8 Å². The van der Waals surface area contributed by atoms with Gasteiger partial charge in [-0.25, -0.2) is 15.1 Å². The fraction of sp³-hybridized carbons (Fsp3) is 0.571. The van der Waals surface area contributed by atoms with Crippen LogP contribution in [0.25, 0.3) is 0 Å². The van der Waals surface area contributed by atoms with E-state index in [9.17, 15) is 22.8 Å². The maximum Gasteiger partial charge on any atom is 0.419 e. The Morgan fingerprint density at radius 2 is 1.83 bits per heavy atom. The quantitative estimate of drug-likeness (QED) is 0.596. The number of ether oxygens (including phenoxy) is 2. The lowest BCUT2D eigenvalue weighted by Gasteiger charge is -2.36. The van der Waals surface area contributed by atoms with Gasteiger partial charge in [0.25, 0.3) is 11.5 Å². The zero-order valence-electron chi connectivity index (χ0n) is 18.8. The van der Waals surface area contributed by atoms with Gasteiger partial charge in [-0.3, -0.25) is 9.59 Å². The lowest BCUT2D eigenvalue weighted by molar-refractivity contribution is -0.140. The zero-order chi connectivity index (χ0) is 25.2. The molecule has 1 N–H and O–H groups in total. The van der Waals surface area contributed by atoms with Crippen LogP contribution in [0.3, 0.4) is 0 Å². The summed E-state index contributed by atoms with van der Waals surface area (Å²) in [6.45, 7) is 3.47. The monoisotopic (exact) mass is 516 g/mol. The van der Waals surface area contributed by atoms with E-state index < -0.39 is 29.5 Å². The lowest BCUT2D eigenvalue weighted by atomic mass is 10.0. The minimum atomic E-state index is -4.48. The minimum Gasteiger partial charge on any atom is -0.485 e. The molecule has 2 aliphatic heterocycles. The molecule has 10 nitrogen and oxygen atoms in total. The van der Waals surface area contributed by atoms with Crippen LogP contribution in [-0.2, 0) is 15.7 Å². The molecular formula is C21H24ClF3N6O4. The number of aromatic amines is 1. The molecule has 0 radical (unpaired) electrons. The van der Waals surface area contributed by atoms with Crippen LogP contribution in [0.15, 0.2) is 23.4 Å². The molecule has 4 rings (SSSR count). The second kappa shape index (κ2) is 10.4. The number of amides is 1. The lowest BCUT2D eigenvalue weighted by Crippen LogP contribution is -2.47. The molecule has 2 saturated heterocycles. The van der Waals surface area contributed by atoms with Crippen LogP contribution < -0.4 is 15.2 Å². The van der Waals surface area contributed by atoms with Gasteiger partial charge in [-0.15, -0.1) is 0 Å². The highest BCUT2D eigenvalue weighted by Gasteiger charge is 2.38. The van der Waals surface area contributed by atoms with E-state index in [1.54, 1.807) is 11.8 Å². The first kappa shape index (κ1) is 25.2. The smallest absolute Gasteiger partial charge is 0.419 e. The average molecular weight is 517 g/mol. The third-order valence-corrected chi connectivity index (χ3v) is 6.33. The van der Waals surface area contributed by atoms with E-state index in [1.165, 1.54) is 6.20 Å². The fourth-order valence-electron chi connectivity index (χ4n) is 4.15. The first-order chi connectivity index (χ1) is 16.6. The van der Waals surface area contributed by atoms with E-state index in [2.05, 4.69) is 20.2 Å². The standard InChI is InChI=1S/C21H24ClF3N6O4/c1-12(35-16-10-28-29-18(32)17(16)22)11-34-15-4-7-31(19(15)33)14-2-5-30(6-3-14)20-26-8-13(9-27-20)21(23,24)25/h8-10,12,14-15H,2-7,11H2,1H3,(H,29,32)/t12-,15+/m0/s1. The Hall–Kier alpha value is -2.93. The molecule has 2 atom stereocenters. The second-order valence-corrected chi connectivity index (χ2v) is 8.81. The van der Waals surface area contributed by atoms with E-state index in [0.29, 0.717) is 38.9 Å². The number of piperidine rings is 1. The van der Waals surface area contributed by atoms with Crippen molar-refractivity contribution in [2.24, 2.45) is 0 Å². The highest BCUT2D eigenvalue weighted by Crippen LogP contribution is 2.29. The van der Waals surface area contributed by atoms with Crippen molar-refractivity contribution in [3.05, 3.63) is 39.5 Å². The van der Waals surface area contributed by atoms with Gasteiger partial charge in [0.15, 0.2) is 10.8 Å². The number of nitrogens with zero attached hydrogens (tertiary/aromatic N) is 5. The van der Waals surface area contributed by atoms with E-state index in [-0.39, 0.29) is 35.3 Å². The SMILES string of the molecule is C[C@@H](CO[C@@H]1CCN(C2CCN(c3ncc(C(F)(F)F)cn3)CC2)C1=O)Oc1cn[nH]c(=O)c1Cl. The fourth-order valence-corrected chi connectivity index (χ4v) is 4.29. The number of aromatic nitrogens is 4. The summed E-state index contributed by atoms with van der Waals surface area (Å²) in [5, 5.41) is 5.74. The van der Waals surface area contributed by atoms with Crippen molar-refractivity contribution in [2.45, 2.75) is 50.6 Å². The summed E-state index contributed by atoms with van der Waals surface area (Å²) in [5.74, 6) is 0.280. The van der Waals surface area contributed by atoms with Gasteiger partial charge in [-0.2, -0.15) is 18.3 Å². The highest BCUT2D eigenvalue weighted by molar-refractivity contribution is 6.31. The van der Waals surface area contributed by atoms with Crippen molar-refractivity contribution in [1.82, 2.24) is 25.1 Å². The first-order valence-corrected chi connectivity index (χ1v) is 11.5. The van der Waals surface area contributed by atoms with Crippen molar-refractivity contribution < 1.29 is 27.4 Å². The van der Waals surface area contributed by atoms with Crippen molar-refractivity contribution in [3.63, 3.8) is 0 Å². The van der Waals surface area contributed by atoms with E-state index in [1.807, 2.05) is 4.90 Å². The Balaban J connectivity index is 1.24. The molecule has 2 aliphatic rings. The van der Waals surface area contributed by atoms with Crippen LogP contribution in [0.1, 0.15) is 31.7 Å². The molecule has 1 amide bonds. The number of nitrogens with one attached hydrogen (secondary N) is 1. The maximum absolute atomic E-state index is 12.9. The molecule has 35 heavy (non-hydrogen) atoms. The molecule has 0 spiro atoms. The number of halogens is 4. The molecule has 2 fully saturated rings. The van der Waals surface area contributed by atoms with Gasteiger partial charge in [0.1, 0.15) is 12.2 Å². The number of carbonyl (C=O) groups excluding carboxylic acids is 1. The second-order valence-electron chi connectivity index (χ2n) is 8.44. The normalized spacial score (nSPS) is 20.4. The predicted octanol–water partition coefficient (Wildman–Crippen LogP) is 2.29. The Labute approximate surface area is 203 Å². The summed E-state index contributed by atoms with van der Waals surface area (Å²) in [7, 11) is 0. The average Bonchev–Trinajstić information content (AvgIpc) is 3.20. The van der Waals surface area contributed by atoms with E-state index >= 15 is 0 Å². The number of H-pyrrole nitrogens is 1. The van der Waals surface area contributed by atoms with Gasteiger partial charge in [0.05, 0.1) is 18.4 Å². The minimum absolute atomic E-state index is 0.0106. The van der Waals surface area contributed by atoms with Crippen LogP contribution in [-0.4, -0.2) is 75.5 Å². The van der Waals surface area contributed by atoms with Gasteiger partial charge in [0.2, 0.25) is 5.95 Å². The Kier molecular flexibility index (Phi) is 7.45. The van der Waals surface area contributed by atoms with Crippen LogP contribution in [0.5, 0.6) is 5.75 Å². The van der Waals surface area contributed by atoms with Gasteiger partial charge in [0, 0.05) is 44.5 Å². The van der Waals surface area contributed by atoms with Crippen molar-refractivity contribution >= 4 is 23.5 Å². The van der Waals surface area contributed by atoms with Crippen LogP contribution in [0.4, 0.5) is 19.1 Å². The number of rotatable bonds is 7. The summed E-state index contributed by atoms with van der Waals surface area (Å²) in [5.41, 5.74) is -1.45. The molecule has 0 aromatic carbocycles. The van der Waals surface area contributed by atoms with Crippen molar-refractivity contribution in [2.75, 3.05) is 31.1 Å². The van der Waals surface area contributed by atoms with Crippen LogP contribution in [0, 0.1) is 0 Å². The van der Waals surface area contributed by atoms with Crippen molar-refractivity contribution in [1.29, 1.82) is 0 Å². The number of anilines is 1. The zero-order valence-corrected chi connectivity index (χ0v) is 19.6. The topological polar surface area (TPSA) is 114 Å². The molecule has 0 bridgehead atoms. The van der Waals surface area contributed by atoms with Crippen LogP contribution in [0.2, 0.25) is 5.02 Å². The largest absolute Gasteiger partial charge is 0.485 e. The molecule has 2 aromatic rings. The summed E-state index contributed by atoms with van der Waals surface area (Å²) in [6.07, 6.45) is -0.833. The molecule has 0 saturated carbocycles. The molecule has 190 valence electrons. The van der Waals surface area contributed by atoms with E-state index in [0.717, 1.165) is 12.4 Å². The molecule has 14 heteroatoms. The van der Waals surface area contributed by atoms with E-state index in [4.69, 9.17) is 21.1 Å². The first-order valence-electron chi connectivity index (χ1n) is 11.1. The van der Waals surface area contributed by atoms with Gasteiger partial charge < -0.3 is 19.3 Å². The summed E-state index contributed by atoms with van der Waals surface area (Å²) < 4.78 is 49.5. The Morgan fingerprint density at radius 3 is 2.49 bits per heavy atom. The maximum atomic E-state index is 12.9. The van der Waals surface area contributed by atoms with Crippen molar-refractivity contribution in [3.8, 4) is 5.75 Å². The van der Waals surface area contributed by atoms with Crippen LogP contribution >= 0.6 is 11.6 Å². The Morgan fingerprint density at radius 1 is 1.14 bits per heavy atom. The summed E-state index contributed by atoms with van der Waals surface area (Å²) >= 11 is 5.90. The van der Waals surface area contributed by atoms with Gasteiger partial charge >= 0.3 is 6.18 Å². The summed E-state index contributed by atoms with van der Waals surface area (Å²) in [4.78, 5) is 35.7. The number of hydrogen-bond donors (Lipinski definition) is 1. The Bertz CT molecular complexity index is 1090. The highest BCUT2D eigenvalue weighted by atomic mass is 35.5. The number of hydrogen-bond acceptors (Lipinski definition) is 8. The third-order valence-electron chi connectivity index (χ3n) is 5.97.